The normalized spacial score (nSPS) is 14.2. The van der Waals surface area contributed by atoms with Gasteiger partial charge < -0.3 is 33.2 Å². The third kappa shape index (κ3) is 3.42. The molecular weight excluding hydrogens is 396 g/mol. The number of hydrogen-bond donors (Lipinski definition) is 0. The van der Waals surface area contributed by atoms with Crippen LogP contribution < -0.4 is 28.4 Å². The van der Waals surface area contributed by atoms with Gasteiger partial charge in [0, 0.05) is 12.0 Å². The number of Topliss-reactive ketones (excluding diaryl/α,β-unsaturated/α-hetero) is 1. The number of fused-ring (bicyclic) bond motifs is 2. The molecule has 2 aromatic rings. The first kappa shape index (κ1) is 19.7. The summed E-state index contributed by atoms with van der Waals surface area (Å²) < 4.78 is 37.1. The van der Waals surface area contributed by atoms with E-state index < -0.39 is 11.9 Å². The molecule has 2 heterocycles. The number of carbonyl (C=O) groups excluding carboxylic acids is 2. The van der Waals surface area contributed by atoms with Gasteiger partial charge in [-0.25, -0.2) is 0 Å². The molecular formula is C21H20O9. The Balaban J connectivity index is 1.67. The molecule has 2 aromatic carbocycles. The maximum absolute atomic E-state index is 13.1. The summed E-state index contributed by atoms with van der Waals surface area (Å²) in [5.74, 6) is 0.819. The molecule has 1 atom stereocenters. The van der Waals surface area contributed by atoms with Crippen LogP contribution in [-0.2, 0) is 9.53 Å². The van der Waals surface area contributed by atoms with Gasteiger partial charge in [-0.3, -0.25) is 9.59 Å². The van der Waals surface area contributed by atoms with Crippen LogP contribution in [0.15, 0.2) is 24.3 Å². The molecule has 30 heavy (non-hydrogen) atoms. The first-order valence-corrected chi connectivity index (χ1v) is 9.12. The molecule has 0 radical (unpaired) electrons. The summed E-state index contributed by atoms with van der Waals surface area (Å²) >= 11 is 0. The molecule has 0 aliphatic carbocycles. The van der Waals surface area contributed by atoms with Crippen molar-refractivity contribution in [1.29, 1.82) is 0 Å². The number of esters is 1. The highest BCUT2D eigenvalue weighted by atomic mass is 16.7. The summed E-state index contributed by atoms with van der Waals surface area (Å²) in [4.78, 5) is 25.6. The number of ether oxygens (including phenoxy) is 7. The highest BCUT2D eigenvalue weighted by Crippen LogP contribution is 2.45. The molecule has 0 bridgehead atoms. The Hall–Kier alpha value is -3.62. The van der Waals surface area contributed by atoms with E-state index in [1.54, 1.807) is 24.3 Å². The Kier molecular flexibility index (Phi) is 5.26. The summed E-state index contributed by atoms with van der Waals surface area (Å²) in [6.07, 6.45) is -0.141. The van der Waals surface area contributed by atoms with Gasteiger partial charge in [0.05, 0.1) is 27.2 Å². The highest BCUT2D eigenvalue weighted by Gasteiger charge is 2.31. The van der Waals surface area contributed by atoms with E-state index in [4.69, 9.17) is 33.2 Å². The molecule has 0 saturated heterocycles. The van der Waals surface area contributed by atoms with Gasteiger partial charge >= 0.3 is 5.97 Å². The maximum Gasteiger partial charge on any atom is 0.313 e. The van der Waals surface area contributed by atoms with Gasteiger partial charge in [-0.15, -0.1) is 0 Å². The second-order valence-electron chi connectivity index (χ2n) is 6.57. The molecule has 0 N–H and O–H groups in total. The van der Waals surface area contributed by atoms with E-state index in [0.29, 0.717) is 45.6 Å². The highest BCUT2D eigenvalue weighted by molar-refractivity contribution is 6.00. The van der Waals surface area contributed by atoms with Crippen molar-refractivity contribution >= 4 is 11.8 Å². The average Bonchev–Trinajstić information content (AvgIpc) is 3.44. The topological polar surface area (TPSA) is 98.8 Å². The monoisotopic (exact) mass is 416 g/mol. The molecule has 9 heteroatoms. The van der Waals surface area contributed by atoms with E-state index >= 15 is 0 Å². The van der Waals surface area contributed by atoms with Gasteiger partial charge in [-0.05, 0) is 29.8 Å². The molecule has 0 aromatic heterocycles. The molecule has 2 aliphatic heterocycles. The van der Waals surface area contributed by atoms with Crippen LogP contribution >= 0.6 is 0 Å². The van der Waals surface area contributed by atoms with Crippen molar-refractivity contribution < 1.29 is 42.7 Å². The quantitative estimate of drug-likeness (QED) is 0.498. The summed E-state index contributed by atoms with van der Waals surface area (Å²) in [5.41, 5.74) is 0.849. The molecule has 9 nitrogen and oxygen atoms in total. The fourth-order valence-corrected chi connectivity index (χ4v) is 3.42. The molecule has 0 saturated carbocycles. The number of rotatable bonds is 7. The fraction of sp³-hybridized carbons (Fsp3) is 0.333. The van der Waals surface area contributed by atoms with Crippen molar-refractivity contribution in [3.05, 3.63) is 35.4 Å². The minimum absolute atomic E-state index is 0.0467. The zero-order valence-electron chi connectivity index (χ0n) is 16.7. The van der Waals surface area contributed by atoms with Gasteiger partial charge in [0.1, 0.15) is 0 Å². The first-order chi connectivity index (χ1) is 14.5. The summed E-state index contributed by atoms with van der Waals surface area (Å²) in [6.45, 7) is 0.0963. The number of ketones is 1. The Morgan fingerprint density at radius 2 is 1.47 bits per heavy atom. The minimum Gasteiger partial charge on any atom is -0.493 e. The minimum atomic E-state index is -0.873. The lowest BCUT2D eigenvalue weighted by atomic mass is 9.91. The third-order valence-electron chi connectivity index (χ3n) is 4.94. The van der Waals surface area contributed by atoms with Gasteiger partial charge in [-0.1, -0.05) is 0 Å². The van der Waals surface area contributed by atoms with E-state index in [9.17, 15) is 9.59 Å². The van der Waals surface area contributed by atoms with Crippen molar-refractivity contribution in [2.24, 2.45) is 0 Å². The van der Waals surface area contributed by atoms with Gasteiger partial charge in [0.15, 0.2) is 28.8 Å². The third-order valence-corrected chi connectivity index (χ3v) is 4.94. The fourth-order valence-electron chi connectivity index (χ4n) is 3.42. The van der Waals surface area contributed by atoms with Crippen molar-refractivity contribution in [2.75, 3.05) is 34.9 Å². The van der Waals surface area contributed by atoms with Crippen LogP contribution in [0, 0.1) is 0 Å². The van der Waals surface area contributed by atoms with E-state index in [1.165, 1.54) is 21.3 Å². The number of carbonyl (C=O) groups is 2. The van der Waals surface area contributed by atoms with Gasteiger partial charge in [0.25, 0.3) is 0 Å². The average molecular weight is 416 g/mol. The largest absolute Gasteiger partial charge is 0.493 e. The summed E-state index contributed by atoms with van der Waals surface area (Å²) in [7, 11) is 4.23. The SMILES string of the molecule is COC(=O)C(CC(=O)c1cc(OC)c2c(c1)OCO2)c1cc(OC)c2c(c1)OCO2. The van der Waals surface area contributed by atoms with Crippen molar-refractivity contribution in [3.63, 3.8) is 0 Å². The van der Waals surface area contributed by atoms with Crippen LogP contribution in [0.3, 0.4) is 0 Å². The van der Waals surface area contributed by atoms with Crippen LogP contribution in [0.2, 0.25) is 0 Å². The van der Waals surface area contributed by atoms with Crippen molar-refractivity contribution in [1.82, 2.24) is 0 Å². The molecule has 0 spiro atoms. The van der Waals surface area contributed by atoms with Crippen LogP contribution in [0.5, 0.6) is 34.5 Å². The second-order valence-corrected chi connectivity index (χ2v) is 6.57. The lowest BCUT2D eigenvalue weighted by molar-refractivity contribution is -0.142. The lowest BCUT2D eigenvalue weighted by Gasteiger charge is -2.17. The molecule has 1 unspecified atom stereocenters. The van der Waals surface area contributed by atoms with Gasteiger partial charge in [0.2, 0.25) is 25.1 Å². The lowest BCUT2D eigenvalue weighted by Crippen LogP contribution is -2.18. The van der Waals surface area contributed by atoms with Crippen LogP contribution in [-0.4, -0.2) is 46.7 Å². The Bertz CT molecular complexity index is 998. The number of hydrogen-bond acceptors (Lipinski definition) is 9. The second kappa shape index (κ2) is 8.02. The van der Waals surface area contributed by atoms with E-state index in [-0.39, 0.29) is 25.8 Å². The Morgan fingerprint density at radius 1 is 0.867 bits per heavy atom. The molecule has 2 aliphatic rings. The zero-order valence-corrected chi connectivity index (χ0v) is 16.7. The maximum atomic E-state index is 13.1. The number of methoxy groups -OCH3 is 3. The molecule has 0 amide bonds. The Labute approximate surface area is 172 Å². The van der Waals surface area contributed by atoms with E-state index in [1.807, 2.05) is 0 Å². The van der Waals surface area contributed by atoms with E-state index in [2.05, 4.69) is 0 Å². The smallest absolute Gasteiger partial charge is 0.313 e. The van der Waals surface area contributed by atoms with Crippen molar-refractivity contribution in [2.45, 2.75) is 12.3 Å². The predicted octanol–water partition coefficient (Wildman–Crippen LogP) is 2.69. The summed E-state index contributed by atoms with van der Waals surface area (Å²) in [6, 6.07) is 6.43. The van der Waals surface area contributed by atoms with Crippen LogP contribution in [0.4, 0.5) is 0 Å². The van der Waals surface area contributed by atoms with Crippen LogP contribution in [0.1, 0.15) is 28.3 Å². The van der Waals surface area contributed by atoms with E-state index in [0.717, 1.165) is 0 Å². The molecule has 158 valence electrons. The van der Waals surface area contributed by atoms with Gasteiger partial charge in [-0.2, -0.15) is 0 Å². The zero-order chi connectivity index (χ0) is 21.3. The predicted molar refractivity (Wildman–Crippen MR) is 102 cm³/mol. The molecule has 4 rings (SSSR count). The standard InChI is InChI=1S/C21H20O9/c1-24-15-4-11(5-17-19(15)29-9-27-17)13(21(23)26-3)8-14(22)12-6-16(25-2)20-18(7-12)28-10-30-20/h4-7,13H,8-10H2,1-3H3. The van der Waals surface area contributed by atoms with Crippen molar-refractivity contribution in [3.8, 4) is 34.5 Å². The molecule has 0 fully saturated rings. The summed E-state index contributed by atoms with van der Waals surface area (Å²) in [5, 5.41) is 0. The van der Waals surface area contributed by atoms with Crippen LogP contribution in [0.25, 0.3) is 0 Å². The first-order valence-electron chi connectivity index (χ1n) is 9.12. The Morgan fingerprint density at radius 3 is 2.07 bits per heavy atom. The number of benzene rings is 2.